The Bertz CT molecular complexity index is 869. The summed E-state index contributed by atoms with van der Waals surface area (Å²) < 4.78 is 1.02. The number of amides is 2. The predicted molar refractivity (Wildman–Crippen MR) is 117 cm³/mol. The van der Waals surface area contributed by atoms with Gasteiger partial charge in [0.2, 0.25) is 11.8 Å². The Morgan fingerprint density at radius 3 is 2.47 bits per heavy atom. The van der Waals surface area contributed by atoms with Crippen molar-refractivity contribution in [3.8, 4) is 0 Å². The van der Waals surface area contributed by atoms with Gasteiger partial charge in [-0.2, -0.15) is 0 Å². The first-order chi connectivity index (χ1) is 14.6. The molecule has 0 bridgehead atoms. The van der Waals surface area contributed by atoms with Crippen LogP contribution < -0.4 is 16.2 Å². The third-order valence-corrected chi connectivity index (χ3v) is 6.40. The van der Waals surface area contributed by atoms with Crippen molar-refractivity contribution in [2.24, 2.45) is 5.92 Å². The van der Waals surface area contributed by atoms with Gasteiger partial charge in [-0.15, -0.1) is 0 Å². The molecule has 1 aromatic heterocycles. The lowest BCUT2D eigenvalue weighted by atomic mass is 9.94. The highest BCUT2D eigenvalue weighted by Crippen LogP contribution is 2.24. The molecule has 2 aromatic rings. The van der Waals surface area contributed by atoms with E-state index in [4.69, 9.17) is 0 Å². The first kappa shape index (κ1) is 21.0. The number of halogens is 1. The third-order valence-electron chi connectivity index (χ3n) is 5.87. The van der Waals surface area contributed by atoms with E-state index >= 15 is 0 Å². The lowest BCUT2D eigenvalue weighted by molar-refractivity contribution is -0.137. The maximum absolute atomic E-state index is 12.9. The number of piperidine rings is 1. The summed E-state index contributed by atoms with van der Waals surface area (Å²) in [6, 6.07) is 11.7. The van der Waals surface area contributed by atoms with E-state index in [0.29, 0.717) is 38.9 Å². The van der Waals surface area contributed by atoms with Gasteiger partial charge in [-0.25, -0.2) is 10.9 Å². The fourth-order valence-corrected chi connectivity index (χ4v) is 4.32. The van der Waals surface area contributed by atoms with Crippen LogP contribution in [-0.4, -0.2) is 40.8 Å². The molecule has 8 heteroatoms. The first-order valence-corrected chi connectivity index (χ1v) is 11.1. The van der Waals surface area contributed by atoms with E-state index in [9.17, 15) is 9.59 Å². The molecule has 2 atom stereocenters. The van der Waals surface area contributed by atoms with Crippen molar-refractivity contribution in [2.75, 3.05) is 13.1 Å². The second kappa shape index (κ2) is 9.68. The van der Waals surface area contributed by atoms with Crippen LogP contribution in [0.1, 0.15) is 36.4 Å². The number of carbonyl (C=O) groups excluding carboxylic acids is 2. The molecule has 0 radical (unpaired) electrons. The molecule has 0 saturated carbocycles. The Hall–Kier alpha value is -2.29. The molecule has 7 nitrogen and oxygen atoms in total. The zero-order chi connectivity index (χ0) is 20.9. The Labute approximate surface area is 184 Å². The maximum atomic E-state index is 12.9. The van der Waals surface area contributed by atoms with E-state index in [1.54, 1.807) is 12.4 Å². The SMILES string of the molecule is O=C(NCc1ccc(Br)cc1)C1CCN(C(=O)C2CC(c3ccncc3)NN2)CC1. The van der Waals surface area contributed by atoms with Crippen LogP contribution in [0.15, 0.2) is 53.3 Å². The summed E-state index contributed by atoms with van der Waals surface area (Å²) in [4.78, 5) is 31.3. The summed E-state index contributed by atoms with van der Waals surface area (Å²) in [5.74, 6) is 0.139. The molecule has 158 valence electrons. The number of aromatic nitrogens is 1. The molecule has 1 aromatic carbocycles. The lowest BCUT2D eigenvalue weighted by Gasteiger charge is -2.32. The highest BCUT2D eigenvalue weighted by atomic mass is 79.9. The molecule has 2 fully saturated rings. The van der Waals surface area contributed by atoms with Crippen molar-refractivity contribution in [1.82, 2.24) is 26.1 Å². The quantitative estimate of drug-likeness (QED) is 0.622. The zero-order valence-corrected chi connectivity index (χ0v) is 18.3. The van der Waals surface area contributed by atoms with Gasteiger partial charge < -0.3 is 10.2 Å². The van der Waals surface area contributed by atoms with Gasteiger partial charge in [0.1, 0.15) is 6.04 Å². The van der Waals surface area contributed by atoms with Crippen LogP contribution in [0.5, 0.6) is 0 Å². The van der Waals surface area contributed by atoms with E-state index in [1.165, 1.54) is 0 Å². The largest absolute Gasteiger partial charge is 0.352 e. The van der Waals surface area contributed by atoms with Gasteiger partial charge >= 0.3 is 0 Å². The Morgan fingerprint density at radius 2 is 1.77 bits per heavy atom. The number of nitrogens with one attached hydrogen (secondary N) is 3. The average molecular weight is 472 g/mol. The van der Waals surface area contributed by atoms with Gasteiger partial charge in [0, 0.05) is 48.5 Å². The van der Waals surface area contributed by atoms with Crippen LogP contribution in [0.4, 0.5) is 0 Å². The smallest absolute Gasteiger partial charge is 0.241 e. The van der Waals surface area contributed by atoms with E-state index in [1.807, 2.05) is 41.3 Å². The Balaban J connectivity index is 1.22. The fraction of sp³-hybridized carbons (Fsp3) is 0.409. The second-order valence-electron chi connectivity index (χ2n) is 7.85. The second-order valence-corrected chi connectivity index (χ2v) is 8.77. The van der Waals surface area contributed by atoms with Crippen LogP contribution in [0.2, 0.25) is 0 Å². The molecule has 3 N–H and O–H groups in total. The fourth-order valence-electron chi connectivity index (χ4n) is 4.05. The molecule has 0 spiro atoms. The summed E-state index contributed by atoms with van der Waals surface area (Å²) in [5, 5.41) is 3.03. The first-order valence-electron chi connectivity index (χ1n) is 10.3. The maximum Gasteiger partial charge on any atom is 0.241 e. The topological polar surface area (TPSA) is 86.4 Å². The number of nitrogens with zero attached hydrogens (tertiary/aromatic N) is 2. The highest BCUT2D eigenvalue weighted by molar-refractivity contribution is 9.10. The molecular formula is C22H26BrN5O2. The summed E-state index contributed by atoms with van der Waals surface area (Å²) in [6.45, 7) is 1.76. The highest BCUT2D eigenvalue weighted by Gasteiger charge is 2.35. The van der Waals surface area contributed by atoms with Crippen LogP contribution in [0, 0.1) is 5.92 Å². The number of hydrazine groups is 1. The Morgan fingerprint density at radius 1 is 1.07 bits per heavy atom. The van der Waals surface area contributed by atoms with Crippen LogP contribution >= 0.6 is 15.9 Å². The van der Waals surface area contributed by atoms with Gasteiger partial charge in [0.15, 0.2) is 0 Å². The molecular weight excluding hydrogens is 446 g/mol. The van der Waals surface area contributed by atoms with E-state index < -0.39 is 0 Å². The summed E-state index contributed by atoms with van der Waals surface area (Å²) >= 11 is 3.41. The number of pyridine rings is 1. The number of benzene rings is 1. The molecule has 2 amide bonds. The van der Waals surface area contributed by atoms with E-state index in [0.717, 1.165) is 15.6 Å². The minimum Gasteiger partial charge on any atom is -0.352 e. The van der Waals surface area contributed by atoms with E-state index in [2.05, 4.69) is 37.1 Å². The number of carbonyl (C=O) groups is 2. The van der Waals surface area contributed by atoms with E-state index in [-0.39, 0.29) is 29.8 Å². The lowest BCUT2D eigenvalue weighted by Crippen LogP contribution is -2.49. The molecule has 30 heavy (non-hydrogen) atoms. The Kier molecular flexibility index (Phi) is 6.76. The summed E-state index contributed by atoms with van der Waals surface area (Å²) in [6.07, 6.45) is 5.63. The van der Waals surface area contributed by atoms with Gasteiger partial charge in [0.05, 0.1) is 0 Å². The molecule has 0 aliphatic carbocycles. The number of likely N-dealkylation sites (tertiary alicyclic amines) is 1. The van der Waals surface area contributed by atoms with Crippen molar-refractivity contribution in [3.05, 3.63) is 64.4 Å². The molecule has 3 heterocycles. The van der Waals surface area contributed by atoms with Gasteiger partial charge in [0.25, 0.3) is 0 Å². The number of hydrogen-bond donors (Lipinski definition) is 3. The van der Waals surface area contributed by atoms with Crippen LogP contribution in [-0.2, 0) is 16.1 Å². The van der Waals surface area contributed by atoms with Gasteiger partial charge in [-0.05, 0) is 54.7 Å². The van der Waals surface area contributed by atoms with Crippen molar-refractivity contribution >= 4 is 27.7 Å². The number of hydrogen-bond acceptors (Lipinski definition) is 5. The standard InChI is InChI=1S/C22H26BrN5O2/c23-18-3-1-15(2-4-18)14-25-21(29)17-7-11-28(12-8-17)22(30)20-13-19(26-27-20)16-5-9-24-10-6-16/h1-6,9-10,17,19-20,26-27H,7-8,11-14H2,(H,25,29). The average Bonchev–Trinajstić information content (AvgIpc) is 3.29. The van der Waals surface area contributed by atoms with Crippen molar-refractivity contribution in [1.29, 1.82) is 0 Å². The monoisotopic (exact) mass is 471 g/mol. The molecule has 2 saturated heterocycles. The minimum atomic E-state index is -0.244. The van der Waals surface area contributed by atoms with Gasteiger partial charge in [-0.3, -0.25) is 14.6 Å². The van der Waals surface area contributed by atoms with Crippen molar-refractivity contribution in [2.45, 2.75) is 37.9 Å². The molecule has 2 unspecified atom stereocenters. The molecule has 2 aliphatic heterocycles. The minimum absolute atomic E-state index is 0.0382. The predicted octanol–water partition coefficient (Wildman–Crippen LogP) is 2.31. The van der Waals surface area contributed by atoms with Crippen LogP contribution in [0.25, 0.3) is 0 Å². The number of rotatable bonds is 5. The van der Waals surface area contributed by atoms with Gasteiger partial charge in [-0.1, -0.05) is 28.1 Å². The van der Waals surface area contributed by atoms with Crippen molar-refractivity contribution < 1.29 is 9.59 Å². The van der Waals surface area contributed by atoms with Crippen molar-refractivity contribution in [3.63, 3.8) is 0 Å². The summed E-state index contributed by atoms with van der Waals surface area (Å²) in [7, 11) is 0. The zero-order valence-electron chi connectivity index (χ0n) is 16.7. The normalized spacial score (nSPS) is 22.1. The molecule has 2 aliphatic rings. The third kappa shape index (κ3) is 5.06. The van der Waals surface area contributed by atoms with Crippen LogP contribution in [0.3, 0.4) is 0 Å². The molecule has 4 rings (SSSR count). The summed E-state index contributed by atoms with van der Waals surface area (Å²) in [5.41, 5.74) is 8.54.